The molecule has 2 atom stereocenters. The van der Waals surface area contributed by atoms with Crippen molar-refractivity contribution < 1.29 is 18.0 Å². The van der Waals surface area contributed by atoms with Gasteiger partial charge in [-0.15, -0.1) is 0 Å². The molecule has 0 spiro atoms. The van der Waals surface area contributed by atoms with Gasteiger partial charge in [0.2, 0.25) is 21.8 Å². The number of nitrogens with one attached hydrogen (secondary N) is 1. The fourth-order valence-electron chi connectivity index (χ4n) is 4.12. The molecule has 3 aromatic carbocycles. The Kier molecular flexibility index (Phi) is 10.7. The lowest BCUT2D eigenvalue weighted by molar-refractivity contribution is -0.141. The van der Waals surface area contributed by atoms with Crippen LogP contribution in [0, 0.1) is 6.92 Å². The van der Waals surface area contributed by atoms with E-state index in [1.54, 1.807) is 0 Å². The minimum Gasteiger partial charge on any atom is -0.352 e. The van der Waals surface area contributed by atoms with E-state index in [0.717, 1.165) is 27.4 Å². The molecule has 0 fully saturated rings. The summed E-state index contributed by atoms with van der Waals surface area (Å²) in [6.07, 6.45) is 1.02. The largest absolute Gasteiger partial charge is 0.352 e. The minimum absolute atomic E-state index is 0.0306. The first-order chi connectivity index (χ1) is 18.5. The Morgan fingerprint density at radius 1 is 0.949 bits per heavy atom. The van der Waals surface area contributed by atoms with Gasteiger partial charge in [-0.2, -0.15) is 4.31 Å². The maximum atomic E-state index is 13.9. The van der Waals surface area contributed by atoms with Crippen molar-refractivity contribution in [3.8, 4) is 0 Å². The van der Waals surface area contributed by atoms with Crippen LogP contribution in [0.1, 0.15) is 37.0 Å². The molecule has 0 aliphatic carbocycles. The van der Waals surface area contributed by atoms with Crippen LogP contribution in [0.25, 0.3) is 0 Å². The molecule has 0 saturated heterocycles. The van der Waals surface area contributed by atoms with Crippen LogP contribution in [0.3, 0.4) is 0 Å². The Labute approximate surface area is 236 Å². The molecule has 3 aromatic rings. The Morgan fingerprint density at radius 3 is 2.18 bits per heavy atom. The molecule has 9 heteroatoms. The van der Waals surface area contributed by atoms with Crippen molar-refractivity contribution in [1.82, 2.24) is 14.5 Å². The summed E-state index contributed by atoms with van der Waals surface area (Å²) in [5.41, 5.74) is 2.74. The molecule has 0 aromatic heterocycles. The van der Waals surface area contributed by atoms with E-state index in [2.05, 4.69) is 5.32 Å². The van der Waals surface area contributed by atoms with Crippen LogP contribution < -0.4 is 5.32 Å². The highest BCUT2D eigenvalue weighted by Crippen LogP contribution is 2.20. The number of amides is 2. The molecule has 39 heavy (non-hydrogen) atoms. The number of rotatable bonds is 12. The summed E-state index contributed by atoms with van der Waals surface area (Å²) in [6.45, 7) is 5.56. The number of hydrogen-bond acceptors (Lipinski definition) is 4. The zero-order valence-corrected chi connectivity index (χ0v) is 24.4. The number of carbonyl (C=O) groups is 2. The average Bonchev–Trinajstić information content (AvgIpc) is 2.92. The van der Waals surface area contributed by atoms with Crippen LogP contribution in [0.15, 0.2) is 83.8 Å². The number of nitrogens with zero attached hydrogens (tertiary/aromatic N) is 2. The quantitative estimate of drug-likeness (QED) is 0.339. The highest BCUT2D eigenvalue weighted by atomic mass is 35.5. The van der Waals surface area contributed by atoms with E-state index in [1.165, 1.54) is 36.2 Å². The Hall–Kier alpha value is -3.20. The summed E-state index contributed by atoms with van der Waals surface area (Å²) in [6, 6.07) is 22.0. The van der Waals surface area contributed by atoms with Gasteiger partial charge in [-0.3, -0.25) is 9.59 Å². The van der Waals surface area contributed by atoms with Crippen LogP contribution in [-0.4, -0.2) is 55.1 Å². The molecule has 7 nitrogen and oxygen atoms in total. The molecule has 0 heterocycles. The number of sulfonamides is 1. The lowest BCUT2D eigenvalue weighted by atomic mass is 10.0. The first-order valence-corrected chi connectivity index (χ1v) is 14.7. The van der Waals surface area contributed by atoms with Gasteiger partial charge >= 0.3 is 0 Å². The number of halogens is 1. The molecule has 0 radical (unpaired) electrons. The molecule has 0 aliphatic heterocycles. The molecular formula is C30H36ClN3O4S. The van der Waals surface area contributed by atoms with Crippen molar-refractivity contribution in [2.75, 3.05) is 13.6 Å². The number of carbonyl (C=O) groups excluding carboxylic acids is 2. The van der Waals surface area contributed by atoms with Crippen molar-refractivity contribution in [3.05, 3.63) is 101 Å². The zero-order chi connectivity index (χ0) is 28.6. The number of hydrogen-bond donors (Lipinski definition) is 1. The van der Waals surface area contributed by atoms with Gasteiger partial charge in [-0.25, -0.2) is 8.42 Å². The molecule has 0 bridgehead atoms. The van der Waals surface area contributed by atoms with Crippen LogP contribution in [0.4, 0.5) is 0 Å². The van der Waals surface area contributed by atoms with E-state index in [-0.39, 0.29) is 29.8 Å². The molecule has 1 N–H and O–H groups in total. The standard InChI is InChI=1S/C30H36ClN3O4S/c1-5-23(3)32-30(36)28(19-24-12-7-6-8-13-24)34(20-25-14-10-9-11-22(25)2)29(35)21-33(4)39(37,38)27-17-15-26(31)16-18-27/h6-18,23,28H,5,19-21H2,1-4H3,(H,32,36). The monoisotopic (exact) mass is 569 g/mol. The highest BCUT2D eigenvalue weighted by molar-refractivity contribution is 7.89. The first-order valence-electron chi connectivity index (χ1n) is 12.9. The number of aryl methyl sites for hydroxylation is 1. The average molecular weight is 570 g/mol. The molecule has 2 unspecified atom stereocenters. The van der Waals surface area contributed by atoms with E-state index in [1.807, 2.05) is 75.4 Å². The second-order valence-electron chi connectivity index (χ2n) is 9.69. The van der Waals surface area contributed by atoms with Crippen molar-refractivity contribution in [3.63, 3.8) is 0 Å². The lowest BCUT2D eigenvalue weighted by Crippen LogP contribution is -2.54. The molecular weight excluding hydrogens is 534 g/mol. The van der Waals surface area contributed by atoms with Gasteiger partial charge in [0, 0.05) is 31.1 Å². The van der Waals surface area contributed by atoms with E-state index >= 15 is 0 Å². The molecule has 208 valence electrons. The van der Waals surface area contributed by atoms with Crippen molar-refractivity contribution in [1.29, 1.82) is 0 Å². The van der Waals surface area contributed by atoms with Gasteiger partial charge in [0.1, 0.15) is 6.04 Å². The Bertz CT molecular complexity index is 1360. The third kappa shape index (κ3) is 8.14. The molecule has 2 amide bonds. The maximum Gasteiger partial charge on any atom is 0.243 e. The summed E-state index contributed by atoms with van der Waals surface area (Å²) >= 11 is 5.93. The molecule has 3 rings (SSSR count). The van der Waals surface area contributed by atoms with Gasteiger partial charge in [0.15, 0.2) is 0 Å². The van der Waals surface area contributed by atoms with Crippen LogP contribution in [-0.2, 0) is 32.6 Å². The van der Waals surface area contributed by atoms with Crippen LogP contribution in [0.2, 0.25) is 5.02 Å². The van der Waals surface area contributed by atoms with Crippen LogP contribution >= 0.6 is 11.6 Å². The fraction of sp³-hybridized carbons (Fsp3) is 0.333. The summed E-state index contributed by atoms with van der Waals surface area (Å²) in [5.74, 6) is -0.753. The lowest BCUT2D eigenvalue weighted by Gasteiger charge is -2.33. The minimum atomic E-state index is -3.97. The zero-order valence-electron chi connectivity index (χ0n) is 22.8. The normalized spacial score (nSPS) is 13.1. The maximum absolute atomic E-state index is 13.9. The Balaban J connectivity index is 1.99. The van der Waals surface area contributed by atoms with Crippen molar-refractivity contribution in [2.24, 2.45) is 0 Å². The number of likely N-dealkylation sites (N-methyl/N-ethyl adjacent to an activating group) is 1. The van der Waals surface area contributed by atoms with Crippen molar-refractivity contribution in [2.45, 2.75) is 57.1 Å². The Morgan fingerprint density at radius 2 is 1.56 bits per heavy atom. The summed E-state index contributed by atoms with van der Waals surface area (Å²) in [4.78, 5) is 29.1. The van der Waals surface area contributed by atoms with Gasteiger partial charge in [-0.05, 0) is 61.2 Å². The van der Waals surface area contributed by atoms with E-state index in [4.69, 9.17) is 11.6 Å². The first kappa shape index (κ1) is 30.3. The second kappa shape index (κ2) is 13.7. The molecule has 0 saturated carbocycles. The third-order valence-electron chi connectivity index (χ3n) is 6.75. The molecule has 0 aliphatic rings. The topological polar surface area (TPSA) is 86.8 Å². The SMILES string of the molecule is CCC(C)NC(=O)C(Cc1ccccc1)N(Cc1ccccc1C)C(=O)CN(C)S(=O)(=O)c1ccc(Cl)cc1. The van der Waals surface area contributed by atoms with E-state index in [9.17, 15) is 18.0 Å². The summed E-state index contributed by atoms with van der Waals surface area (Å²) in [7, 11) is -2.61. The second-order valence-corrected chi connectivity index (χ2v) is 12.2. The third-order valence-corrected chi connectivity index (χ3v) is 8.82. The van der Waals surface area contributed by atoms with Crippen LogP contribution in [0.5, 0.6) is 0 Å². The van der Waals surface area contributed by atoms with Gasteiger partial charge in [-0.1, -0.05) is 73.1 Å². The van der Waals surface area contributed by atoms with Gasteiger partial charge < -0.3 is 10.2 Å². The van der Waals surface area contributed by atoms with E-state index in [0.29, 0.717) is 5.02 Å². The van der Waals surface area contributed by atoms with E-state index < -0.39 is 28.5 Å². The van der Waals surface area contributed by atoms with Crippen molar-refractivity contribution >= 4 is 33.4 Å². The summed E-state index contributed by atoms with van der Waals surface area (Å²) in [5, 5.41) is 3.43. The predicted molar refractivity (Wildman–Crippen MR) is 155 cm³/mol. The number of benzene rings is 3. The fourth-order valence-corrected chi connectivity index (χ4v) is 5.37. The summed E-state index contributed by atoms with van der Waals surface area (Å²) < 4.78 is 27.5. The highest BCUT2D eigenvalue weighted by Gasteiger charge is 2.33. The van der Waals surface area contributed by atoms with Gasteiger partial charge in [0.05, 0.1) is 11.4 Å². The van der Waals surface area contributed by atoms with Gasteiger partial charge in [0.25, 0.3) is 0 Å². The predicted octanol–water partition coefficient (Wildman–Crippen LogP) is 4.82. The smallest absolute Gasteiger partial charge is 0.243 e.